The van der Waals surface area contributed by atoms with Crippen LogP contribution in [0.1, 0.15) is 37.7 Å². The van der Waals surface area contributed by atoms with Gasteiger partial charge in [-0.3, -0.25) is 0 Å². The monoisotopic (exact) mass is 396 g/mol. The lowest BCUT2D eigenvalue weighted by molar-refractivity contribution is -0.135. The van der Waals surface area contributed by atoms with Crippen LogP contribution in [0.2, 0.25) is 0 Å². The van der Waals surface area contributed by atoms with Gasteiger partial charge in [-0.1, -0.05) is 10.4 Å². The van der Waals surface area contributed by atoms with Crippen LogP contribution in [0.25, 0.3) is 0 Å². The fraction of sp³-hybridized carbons (Fsp3) is 0.333. The topological polar surface area (TPSA) is 142 Å². The number of methoxy groups -OCH3 is 2. The summed E-state index contributed by atoms with van der Waals surface area (Å²) in [5, 5.41) is 19.5. The molecule has 144 valence electrons. The van der Waals surface area contributed by atoms with E-state index in [0.717, 1.165) is 25.6 Å². The smallest absolute Gasteiger partial charge is 0.361 e. The summed E-state index contributed by atoms with van der Waals surface area (Å²) >= 11 is 1.12. The van der Waals surface area contributed by atoms with Crippen LogP contribution in [0.4, 0.5) is 0 Å². The summed E-state index contributed by atoms with van der Waals surface area (Å²) < 4.78 is 15.2. The van der Waals surface area contributed by atoms with Crippen LogP contribution in [-0.4, -0.2) is 64.6 Å². The van der Waals surface area contributed by atoms with E-state index in [2.05, 4.69) is 24.9 Å². The van der Waals surface area contributed by atoms with Crippen molar-refractivity contribution in [2.45, 2.75) is 13.5 Å². The van der Waals surface area contributed by atoms with E-state index in [4.69, 9.17) is 9.94 Å². The molecular weight excluding hydrogens is 380 g/mol. The lowest BCUT2D eigenvalue weighted by Crippen LogP contribution is -2.17. The number of oxime groups is 1. The third kappa shape index (κ3) is 4.28. The number of esters is 3. The van der Waals surface area contributed by atoms with Crippen LogP contribution in [0.15, 0.2) is 17.3 Å². The molecule has 12 heteroatoms. The number of carbonyl (C=O) groups excluding carboxylic acids is 3. The average Bonchev–Trinajstić information content (AvgIpc) is 3.29. The molecule has 27 heavy (non-hydrogen) atoms. The quantitative estimate of drug-likeness (QED) is 0.235. The van der Waals surface area contributed by atoms with Crippen molar-refractivity contribution in [2.24, 2.45) is 5.16 Å². The Labute approximate surface area is 157 Å². The molecule has 0 aliphatic rings. The summed E-state index contributed by atoms with van der Waals surface area (Å²) in [6.45, 7) is 1.82. The summed E-state index contributed by atoms with van der Waals surface area (Å²) in [6.07, 6.45) is 0. The minimum Gasteiger partial charge on any atom is -0.464 e. The van der Waals surface area contributed by atoms with Crippen LogP contribution in [-0.2, 0) is 25.5 Å². The van der Waals surface area contributed by atoms with Gasteiger partial charge in [0, 0.05) is 4.88 Å². The minimum absolute atomic E-state index is 0.0562. The molecule has 0 radical (unpaired) electrons. The lowest BCUT2D eigenvalue weighted by Gasteiger charge is -2.04. The van der Waals surface area contributed by atoms with E-state index < -0.39 is 17.9 Å². The van der Waals surface area contributed by atoms with Gasteiger partial charge in [-0.05, 0) is 19.1 Å². The Hall–Kier alpha value is -3.28. The first kappa shape index (κ1) is 20.0. The highest BCUT2D eigenvalue weighted by Gasteiger charge is 2.27. The van der Waals surface area contributed by atoms with E-state index in [1.54, 1.807) is 19.1 Å². The molecule has 2 heterocycles. The average molecular weight is 396 g/mol. The molecule has 0 amide bonds. The molecule has 0 atom stereocenters. The van der Waals surface area contributed by atoms with Gasteiger partial charge in [0.05, 0.1) is 32.2 Å². The van der Waals surface area contributed by atoms with Crippen molar-refractivity contribution < 1.29 is 33.8 Å². The number of aromatic nitrogens is 3. The van der Waals surface area contributed by atoms with Crippen molar-refractivity contribution in [3.05, 3.63) is 33.3 Å². The van der Waals surface area contributed by atoms with Crippen LogP contribution in [0, 0.1) is 0 Å². The molecular formula is C15H16N4O7S. The second kappa shape index (κ2) is 8.89. The molecule has 0 aliphatic heterocycles. The Morgan fingerprint density at radius 3 is 2.52 bits per heavy atom. The minimum atomic E-state index is -0.828. The van der Waals surface area contributed by atoms with Gasteiger partial charge in [0.2, 0.25) is 11.4 Å². The van der Waals surface area contributed by atoms with Gasteiger partial charge < -0.3 is 19.4 Å². The maximum atomic E-state index is 12.0. The Morgan fingerprint density at radius 1 is 1.22 bits per heavy atom. The van der Waals surface area contributed by atoms with Crippen LogP contribution < -0.4 is 0 Å². The Kier molecular flexibility index (Phi) is 6.60. The summed E-state index contributed by atoms with van der Waals surface area (Å²) in [7, 11) is 2.31. The highest BCUT2D eigenvalue weighted by Crippen LogP contribution is 2.20. The van der Waals surface area contributed by atoms with E-state index in [1.807, 2.05) is 0 Å². The Morgan fingerprint density at radius 2 is 1.93 bits per heavy atom. The fourth-order valence-electron chi connectivity index (χ4n) is 2.08. The molecule has 0 fully saturated rings. The van der Waals surface area contributed by atoms with Crippen LogP contribution in [0.5, 0.6) is 0 Å². The molecule has 0 bridgehead atoms. The molecule has 0 saturated heterocycles. The predicted octanol–water partition coefficient (Wildman–Crippen LogP) is 0.702. The maximum Gasteiger partial charge on any atom is 0.361 e. The zero-order valence-corrected chi connectivity index (χ0v) is 15.5. The Bertz CT molecular complexity index is 887. The van der Waals surface area contributed by atoms with Crippen molar-refractivity contribution >= 4 is 35.0 Å². The van der Waals surface area contributed by atoms with Gasteiger partial charge in [0.1, 0.15) is 0 Å². The molecule has 0 aliphatic carbocycles. The molecule has 2 aromatic rings. The van der Waals surface area contributed by atoms with E-state index >= 15 is 0 Å². The van der Waals surface area contributed by atoms with E-state index in [9.17, 15) is 14.4 Å². The molecule has 0 spiro atoms. The summed E-state index contributed by atoms with van der Waals surface area (Å²) in [5.74, 6) is -2.40. The number of hydrogen-bond acceptors (Lipinski definition) is 11. The first-order valence-electron chi connectivity index (χ1n) is 7.55. The van der Waals surface area contributed by atoms with Gasteiger partial charge in [-0.2, -0.15) is 0 Å². The number of thiophene rings is 1. The van der Waals surface area contributed by atoms with Gasteiger partial charge in [0.25, 0.3) is 0 Å². The SMILES string of the molecule is CCOC(=O)/C(=N\O)c1ccc(Cn2nnc(C(=O)OC)c2C(=O)OC)s1. The highest BCUT2D eigenvalue weighted by molar-refractivity contribution is 7.14. The van der Waals surface area contributed by atoms with Crippen molar-refractivity contribution in [1.82, 2.24) is 15.0 Å². The van der Waals surface area contributed by atoms with E-state index in [-0.39, 0.29) is 30.3 Å². The fourth-order valence-corrected chi connectivity index (χ4v) is 3.05. The second-order valence-electron chi connectivity index (χ2n) is 4.86. The number of ether oxygens (including phenoxy) is 3. The predicted molar refractivity (Wildman–Crippen MR) is 91.1 cm³/mol. The van der Waals surface area contributed by atoms with Gasteiger partial charge >= 0.3 is 17.9 Å². The first-order valence-corrected chi connectivity index (χ1v) is 8.36. The number of nitrogens with zero attached hydrogens (tertiary/aromatic N) is 4. The zero-order valence-electron chi connectivity index (χ0n) is 14.7. The standard InChI is InChI=1S/C15H16N4O7S/c1-4-26-14(21)10(17-23)9-6-5-8(27-9)7-19-12(15(22)25-3)11(16-18-19)13(20)24-2/h5-6,23H,4,7H2,1-3H3/b17-10-. The molecule has 11 nitrogen and oxygen atoms in total. The normalized spacial score (nSPS) is 11.1. The number of hydrogen-bond donors (Lipinski definition) is 1. The maximum absolute atomic E-state index is 12.0. The van der Waals surface area contributed by atoms with Gasteiger partial charge in [-0.15, -0.1) is 16.4 Å². The molecule has 0 saturated carbocycles. The lowest BCUT2D eigenvalue weighted by atomic mass is 10.3. The molecule has 0 aromatic carbocycles. The number of carbonyl (C=O) groups is 3. The highest BCUT2D eigenvalue weighted by atomic mass is 32.1. The molecule has 2 rings (SSSR count). The third-order valence-electron chi connectivity index (χ3n) is 3.26. The molecule has 1 N–H and O–H groups in total. The van der Waals surface area contributed by atoms with Crippen molar-refractivity contribution in [1.29, 1.82) is 0 Å². The number of rotatable bonds is 7. The summed E-state index contributed by atoms with van der Waals surface area (Å²) in [4.78, 5) is 36.5. The van der Waals surface area contributed by atoms with E-state index in [0.29, 0.717) is 9.75 Å². The Balaban J connectivity index is 2.32. The third-order valence-corrected chi connectivity index (χ3v) is 4.34. The second-order valence-corrected chi connectivity index (χ2v) is 6.03. The zero-order chi connectivity index (χ0) is 20.0. The molecule has 2 aromatic heterocycles. The van der Waals surface area contributed by atoms with Crippen LogP contribution in [0.3, 0.4) is 0 Å². The summed E-state index contributed by atoms with van der Waals surface area (Å²) in [5.41, 5.74) is -0.680. The van der Waals surface area contributed by atoms with Crippen molar-refractivity contribution in [2.75, 3.05) is 20.8 Å². The van der Waals surface area contributed by atoms with E-state index in [1.165, 1.54) is 4.68 Å². The largest absolute Gasteiger partial charge is 0.464 e. The van der Waals surface area contributed by atoms with Crippen molar-refractivity contribution in [3.63, 3.8) is 0 Å². The summed E-state index contributed by atoms with van der Waals surface area (Å²) in [6, 6.07) is 3.20. The first-order chi connectivity index (χ1) is 13.0. The van der Waals surface area contributed by atoms with Crippen LogP contribution >= 0.6 is 11.3 Å². The van der Waals surface area contributed by atoms with Crippen molar-refractivity contribution in [3.8, 4) is 0 Å². The van der Waals surface area contributed by atoms with Gasteiger partial charge in [0.15, 0.2) is 5.69 Å². The van der Waals surface area contributed by atoms with Gasteiger partial charge in [-0.25, -0.2) is 19.1 Å². The molecule has 0 unspecified atom stereocenters.